The van der Waals surface area contributed by atoms with Crippen molar-refractivity contribution in [3.63, 3.8) is 0 Å². The summed E-state index contributed by atoms with van der Waals surface area (Å²) in [7, 11) is 3.51. The molecule has 2 aliphatic rings. The van der Waals surface area contributed by atoms with E-state index >= 15 is 0 Å². The first-order valence-corrected chi connectivity index (χ1v) is 9.01. The van der Waals surface area contributed by atoms with E-state index in [4.69, 9.17) is 0 Å². The summed E-state index contributed by atoms with van der Waals surface area (Å²) in [4.78, 5) is 32.8. The number of amides is 1. The number of hydrogen-bond donors (Lipinski definition) is 0. The Morgan fingerprint density at radius 3 is 2.70 bits per heavy atom. The maximum atomic E-state index is 12.5. The molecule has 0 radical (unpaired) electrons. The van der Waals surface area contributed by atoms with Gasteiger partial charge in [0.1, 0.15) is 5.39 Å². The van der Waals surface area contributed by atoms with Crippen molar-refractivity contribution in [2.24, 2.45) is 14.1 Å². The largest absolute Gasteiger partial charge is 0.338 e. The molecule has 0 spiro atoms. The smallest absolute Gasteiger partial charge is 0.265 e. The molecule has 0 aliphatic carbocycles. The topological polar surface area (TPSA) is 94.1 Å². The van der Waals surface area contributed by atoms with Gasteiger partial charge in [-0.2, -0.15) is 15.2 Å². The molecule has 2 saturated heterocycles. The summed E-state index contributed by atoms with van der Waals surface area (Å²) in [6.45, 7) is 2.17. The molecule has 0 saturated carbocycles. The minimum atomic E-state index is -0.0968. The van der Waals surface area contributed by atoms with Crippen molar-refractivity contribution >= 4 is 28.6 Å². The zero-order valence-electron chi connectivity index (χ0n) is 15.2. The van der Waals surface area contributed by atoms with Crippen molar-refractivity contribution in [3.8, 4) is 0 Å². The number of nitrogens with zero attached hydrogens (tertiary/aromatic N) is 8. The van der Waals surface area contributed by atoms with Crippen LogP contribution in [0, 0.1) is 0 Å². The second kappa shape index (κ2) is 5.66. The summed E-state index contributed by atoms with van der Waals surface area (Å²) in [5.41, 5.74) is 1.23. The van der Waals surface area contributed by atoms with E-state index in [0.29, 0.717) is 36.5 Å². The van der Waals surface area contributed by atoms with Crippen LogP contribution in [0.2, 0.25) is 0 Å². The van der Waals surface area contributed by atoms with E-state index in [1.165, 1.54) is 0 Å². The molecule has 0 N–H and O–H groups in total. The molecule has 10 heteroatoms. The molecule has 27 heavy (non-hydrogen) atoms. The third kappa shape index (κ3) is 2.43. The fraction of sp³-hybridized carbons (Fsp3) is 0.471. The van der Waals surface area contributed by atoms with Gasteiger partial charge >= 0.3 is 0 Å². The molecule has 2 aliphatic heterocycles. The van der Waals surface area contributed by atoms with Crippen molar-refractivity contribution in [3.05, 3.63) is 28.9 Å². The molecule has 0 atom stereocenters. The van der Waals surface area contributed by atoms with Gasteiger partial charge in [0.15, 0.2) is 5.65 Å². The minimum absolute atomic E-state index is 0.0968. The lowest BCUT2D eigenvalue weighted by Gasteiger charge is -2.40. The van der Waals surface area contributed by atoms with E-state index in [1.54, 1.807) is 40.6 Å². The van der Waals surface area contributed by atoms with Gasteiger partial charge in [-0.1, -0.05) is 0 Å². The van der Waals surface area contributed by atoms with Gasteiger partial charge in [0, 0.05) is 52.5 Å². The lowest BCUT2D eigenvalue weighted by atomic mass is 10.1. The summed E-state index contributed by atoms with van der Waals surface area (Å²) in [6.07, 6.45) is 6.88. The summed E-state index contributed by atoms with van der Waals surface area (Å²) in [6, 6.07) is 0.188. The maximum Gasteiger partial charge on any atom is 0.265 e. The van der Waals surface area contributed by atoms with E-state index in [1.807, 2.05) is 15.8 Å². The number of hydrogen-bond acceptors (Lipinski definition) is 6. The predicted molar refractivity (Wildman–Crippen MR) is 98.8 cm³/mol. The lowest BCUT2D eigenvalue weighted by Crippen LogP contribution is -2.50. The molecule has 10 nitrogen and oxygen atoms in total. The zero-order valence-corrected chi connectivity index (χ0v) is 15.2. The van der Waals surface area contributed by atoms with E-state index < -0.39 is 0 Å². The highest BCUT2D eigenvalue weighted by atomic mass is 16.2. The van der Waals surface area contributed by atoms with Gasteiger partial charge in [-0.15, -0.1) is 0 Å². The SMILES string of the molecule is Cn1cc2c(=O)n(C)c(N3CC(n4cc(N5CCCC5=O)cn4)C3)nc2n1. The second-order valence-electron chi connectivity index (χ2n) is 7.20. The van der Waals surface area contributed by atoms with Crippen LogP contribution in [-0.2, 0) is 18.9 Å². The molecule has 0 bridgehead atoms. The van der Waals surface area contributed by atoms with Crippen LogP contribution in [-0.4, -0.2) is 54.7 Å². The number of aryl methyl sites for hydroxylation is 1. The molecule has 2 fully saturated rings. The molecule has 0 unspecified atom stereocenters. The van der Waals surface area contributed by atoms with Gasteiger partial charge in [-0.3, -0.25) is 23.5 Å². The molecule has 1 amide bonds. The zero-order chi connectivity index (χ0) is 18.7. The highest BCUT2D eigenvalue weighted by Gasteiger charge is 2.33. The standard InChI is InChI=1S/C17H20N8O2/c1-21-10-13-15(20-21)19-17(22(2)16(13)27)23-7-12(8-23)25-9-11(6-18-25)24-5-3-4-14(24)26/h6,9-10,12H,3-5,7-8H2,1-2H3. The molecular weight excluding hydrogens is 348 g/mol. The molecular formula is C17H20N8O2. The van der Waals surface area contributed by atoms with Crippen molar-refractivity contribution in [1.29, 1.82) is 0 Å². The number of anilines is 2. The first-order chi connectivity index (χ1) is 13.0. The summed E-state index contributed by atoms with van der Waals surface area (Å²) >= 11 is 0. The first kappa shape index (κ1) is 16.0. The fourth-order valence-corrected chi connectivity index (χ4v) is 3.81. The highest BCUT2D eigenvalue weighted by Crippen LogP contribution is 2.28. The Kier molecular flexibility index (Phi) is 3.36. The Bertz CT molecular complexity index is 1100. The van der Waals surface area contributed by atoms with Crippen LogP contribution in [0.3, 0.4) is 0 Å². The molecule has 0 aromatic carbocycles. The van der Waals surface area contributed by atoms with E-state index in [2.05, 4.69) is 15.2 Å². The average Bonchev–Trinajstić information content (AvgIpc) is 3.30. The number of carbonyl (C=O) groups excluding carboxylic acids is 1. The number of carbonyl (C=O) groups is 1. The van der Waals surface area contributed by atoms with E-state index in [-0.39, 0.29) is 17.5 Å². The van der Waals surface area contributed by atoms with Crippen LogP contribution in [0.15, 0.2) is 23.4 Å². The van der Waals surface area contributed by atoms with Crippen LogP contribution in [0.4, 0.5) is 11.6 Å². The summed E-state index contributed by atoms with van der Waals surface area (Å²) in [5, 5.41) is 9.21. The summed E-state index contributed by atoms with van der Waals surface area (Å²) < 4.78 is 5.07. The van der Waals surface area contributed by atoms with Gasteiger partial charge in [0.2, 0.25) is 11.9 Å². The Morgan fingerprint density at radius 1 is 1.15 bits per heavy atom. The Hall–Kier alpha value is -3.17. The maximum absolute atomic E-state index is 12.5. The monoisotopic (exact) mass is 368 g/mol. The van der Waals surface area contributed by atoms with Gasteiger partial charge in [0.05, 0.1) is 17.9 Å². The lowest BCUT2D eigenvalue weighted by molar-refractivity contribution is -0.117. The molecule has 5 rings (SSSR count). The number of fused-ring (bicyclic) bond motifs is 1. The third-order valence-corrected chi connectivity index (χ3v) is 5.34. The van der Waals surface area contributed by atoms with E-state index in [0.717, 1.165) is 18.7 Å². The molecule has 3 aromatic rings. The molecule has 3 aromatic heterocycles. The van der Waals surface area contributed by atoms with Crippen LogP contribution < -0.4 is 15.4 Å². The average molecular weight is 368 g/mol. The Morgan fingerprint density at radius 2 is 1.96 bits per heavy atom. The van der Waals surface area contributed by atoms with Crippen molar-refractivity contribution in [2.75, 3.05) is 29.4 Å². The quantitative estimate of drug-likeness (QED) is 0.649. The van der Waals surface area contributed by atoms with Gasteiger partial charge < -0.3 is 9.80 Å². The molecule has 5 heterocycles. The Balaban J connectivity index is 1.36. The van der Waals surface area contributed by atoms with E-state index in [9.17, 15) is 9.59 Å². The van der Waals surface area contributed by atoms with Crippen LogP contribution in [0.5, 0.6) is 0 Å². The fourth-order valence-electron chi connectivity index (χ4n) is 3.81. The minimum Gasteiger partial charge on any atom is -0.338 e. The highest BCUT2D eigenvalue weighted by molar-refractivity contribution is 5.95. The van der Waals surface area contributed by atoms with Gasteiger partial charge in [-0.25, -0.2) is 0 Å². The third-order valence-electron chi connectivity index (χ3n) is 5.34. The van der Waals surface area contributed by atoms with Crippen LogP contribution in [0.1, 0.15) is 18.9 Å². The van der Waals surface area contributed by atoms with Crippen molar-refractivity contribution in [2.45, 2.75) is 18.9 Å². The number of aromatic nitrogens is 6. The Labute approximate surface area is 154 Å². The van der Waals surface area contributed by atoms with Crippen LogP contribution >= 0.6 is 0 Å². The van der Waals surface area contributed by atoms with Crippen molar-refractivity contribution in [1.82, 2.24) is 29.1 Å². The van der Waals surface area contributed by atoms with Gasteiger partial charge in [-0.05, 0) is 6.42 Å². The first-order valence-electron chi connectivity index (χ1n) is 9.01. The van der Waals surface area contributed by atoms with Crippen molar-refractivity contribution < 1.29 is 4.79 Å². The molecule has 140 valence electrons. The summed E-state index contributed by atoms with van der Waals surface area (Å²) in [5.74, 6) is 0.775. The van der Waals surface area contributed by atoms with Crippen LogP contribution in [0.25, 0.3) is 11.0 Å². The normalized spacial score (nSPS) is 17.9. The predicted octanol–water partition coefficient (Wildman–Crippen LogP) is 0.0516. The van der Waals surface area contributed by atoms with Gasteiger partial charge in [0.25, 0.3) is 5.56 Å². The number of rotatable bonds is 3. The second-order valence-corrected chi connectivity index (χ2v) is 7.20.